The van der Waals surface area contributed by atoms with E-state index in [9.17, 15) is 18.5 Å². The molecule has 1 heterocycles. The molecule has 0 atom stereocenters. The van der Waals surface area contributed by atoms with E-state index in [1.807, 2.05) is 36.4 Å². The Morgan fingerprint density at radius 1 is 1.09 bits per heavy atom. The number of nitrogens with one attached hydrogen (secondary N) is 1. The van der Waals surface area contributed by atoms with E-state index >= 15 is 0 Å². The minimum absolute atomic E-state index is 0.331. The van der Waals surface area contributed by atoms with Gasteiger partial charge in [0.15, 0.2) is 5.03 Å². The number of para-hydroxylation sites is 1. The maximum atomic E-state index is 11.9. The Bertz CT molecular complexity index is 952. The quantitative estimate of drug-likeness (QED) is 0.583. The summed E-state index contributed by atoms with van der Waals surface area (Å²) in [7, 11) is -4.26. The summed E-state index contributed by atoms with van der Waals surface area (Å²) in [5.74, 6) is 0. The molecular formula is C13H9N3O4S2. The Morgan fingerprint density at radius 2 is 1.82 bits per heavy atom. The molecule has 0 unspecified atom stereocenters. The van der Waals surface area contributed by atoms with Crippen LogP contribution < -0.4 is 4.83 Å². The molecule has 2 aromatic carbocycles. The van der Waals surface area contributed by atoms with Crippen LogP contribution in [-0.2, 0) is 10.0 Å². The van der Waals surface area contributed by atoms with Gasteiger partial charge in [-0.05, 0) is 16.5 Å². The van der Waals surface area contributed by atoms with Crippen LogP contribution in [-0.4, -0.2) is 18.4 Å². The SMILES string of the molecule is O=[N+]([O-])NS(=O)(=O)c1nc2c(-c3ccccc3)cccc2s1. The van der Waals surface area contributed by atoms with E-state index in [0.717, 1.165) is 22.5 Å². The number of hydrogen-bond donors (Lipinski definition) is 1. The number of thiazole rings is 1. The van der Waals surface area contributed by atoms with Gasteiger partial charge < -0.3 is 0 Å². The zero-order chi connectivity index (χ0) is 15.7. The van der Waals surface area contributed by atoms with Crippen molar-refractivity contribution in [3.63, 3.8) is 0 Å². The Morgan fingerprint density at radius 3 is 2.50 bits per heavy atom. The van der Waals surface area contributed by atoms with Gasteiger partial charge in [-0.1, -0.05) is 42.5 Å². The molecule has 0 bridgehead atoms. The molecule has 0 aliphatic heterocycles. The number of rotatable bonds is 4. The summed E-state index contributed by atoms with van der Waals surface area (Å²) < 4.78 is 24.0. The van der Waals surface area contributed by atoms with Crippen LogP contribution in [0.1, 0.15) is 0 Å². The number of aromatic nitrogens is 1. The fourth-order valence-electron chi connectivity index (χ4n) is 2.03. The van der Waals surface area contributed by atoms with E-state index in [2.05, 4.69) is 4.98 Å². The highest BCUT2D eigenvalue weighted by atomic mass is 32.2. The molecule has 0 spiro atoms. The second-order valence-electron chi connectivity index (χ2n) is 4.35. The standard InChI is InChI=1S/C13H9N3O4S2/c17-16(18)15-22(19,20)13-14-12-10(7-4-8-11(12)21-13)9-5-2-1-3-6-9/h1-8,15H. The number of nitro groups is 1. The minimum atomic E-state index is -4.26. The summed E-state index contributed by atoms with van der Waals surface area (Å²) in [5, 5.41) is 9.27. The lowest BCUT2D eigenvalue weighted by atomic mass is 10.1. The van der Waals surface area contributed by atoms with Gasteiger partial charge in [-0.15, -0.1) is 11.3 Å². The fraction of sp³-hybridized carbons (Fsp3) is 0. The second kappa shape index (κ2) is 5.35. The van der Waals surface area contributed by atoms with E-state index in [1.54, 1.807) is 12.1 Å². The minimum Gasteiger partial charge on any atom is -0.234 e. The molecule has 9 heteroatoms. The smallest absolute Gasteiger partial charge is 0.234 e. The van der Waals surface area contributed by atoms with Gasteiger partial charge in [0.2, 0.25) is 4.34 Å². The zero-order valence-electron chi connectivity index (χ0n) is 11.0. The van der Waals surface area contributed by atoms with E-state index in [4.69, 9.17) is 0 Å². The lowest BCUT2D eigenvalue weighted by Crippen LogP contribution is -2.29. The monoisotopic (exact) mass is 335 g/mol. The molecule has 0 amide bonds. The maximum absolute atomic E-state index is 11.9. The van der Waals surface area contributed by atoms with Crippen molar-refractivity contribution in [3.8, 4) is 11.1 Å². The van der Waals surface area contributed by atoms with Gasteiger partial charge >= 0.3 is 10.0 Å². The summed E-state index contributed by atoms with van der Waals surface area (Å²) in [6.45, 7) is 0. The van der Waals surface area contributed by atoms with Gasteiger partial charge in [0.25, 0.3) is 0 Å². The van der Waals surface area contributed by atoms with Crippen molar-refractivity contribution in [2.75, 3.05) is 0 Å². The van der Waals surface area contributed by atoms with Crippen molar-refractivity contribution >= 4 is 31.6 Å². The molecule has 0 saturated heterocycles. The third kappa shape index (κ3) is 2.63. The summed E-state index contributed by atoms with van der Waals surface area (Å²) in [6.07, 6.45) is 0. The number of fused-ring (bicyclic) bond motifs is 1. The number of hydrogen-bond acceptors (Lipinski definition) is 6. The van der Waals surface area contributed by atoms with Gasteiger partial charge in [0.05, 0.1) is 10.2 Å². The normalized spacial score (nSPS) is 11.5. The van der Waals surface area contributed by atoms with Crippen LogP contribution >= 0.6 is 11.3 Å². The molecule has 0 aliphatic rings. The van der Waals surface area contributed by atoms with Gasteiger partial charge in [-0.2, -0.15) is 8.42 Å². The highest BCUT2D eigenvalue weighted by Crippen LogP contribution is 2.32. The lowest BCUT2D eigenvalue weighted by Gasteiger charge is -2.01. The van der Waals surface area contributed by atoms with Crippen molar-refractivity contribution < 1.29 is 13.5 Å². The molecule has 112 valence electrons. The first-order chi connectivity index (χ1) is 10.5. The van der Waals surface area contributed by atoms with Gasteiger partial charge in [-0.3, -0.25) is 0 Å². The molecule has 1 N–H and O–H groups in total. The molecule has 7 nitrogen and oxygen atoms in total. The number of nitrogens with zero attached hydrogens (tertiary/aromatic N) is 2. The second-order valence-corrected chi connectivity index (χ2v) is 7.22. The Labute approximate surface area is 129 Å². The molecule has 22 heavy (non-hydrogen) atoms. The molecule has 0 fully saturated rings. The molecule has 0 saturated carbocycles. The molecule has 3 aromatic rings. The third-order valence-electron chi connectivity index (χ3n) is 2.91. The number of hydrazine groups is 1. The fourth-order valence-corrected chi connectivity index (χ4v) is 4.06. The van der Waals surface area contributed by atoms with Crippen LogP contribution in [0.25, 0.3) is 21.3 Å². The summed E-state index contributed by atoms with van der Waals surface area (Å²) in [4.78, 5) is 15.8. The predicted octanol–water partition coefficient (Wildman–Crippen LogP) is 2.43. The topological polar surface area (TPSA) is 102 Å². The first-order valence-corrected chi connectivity index (χ1v) is 8.39. The van der Waals surface area contributed by atoms with E-state index in [-0.39, 0.29) is 4.34 Å². The van der Waals surface area contributed by atoms with Crippen LogP contribution in [0.2, 0.25) is 0 Å². The molecule has 0 aliphatic carbocycles. The first-order valence-electron chi connectivity index (χ1n) is 6.09. The average molecular weight is 335 g/mol. The number of benzene rings is 2. The van der Waals surface area contributed by atoms with Crippen molar-refractivity contribution in [1.82, 2.24) is 9.82 Å². The number of sulfonamides is 1. The molecule has 0 radical (unpaired) electrons. The molecule has 3 rings (SSSR count). The third-order valence-corrected chi connectivity index (χ3v) is 5.57. The Hall–Kier alpha value is -2.52. The highest BCUT2D eigenvalue weighted by molar-refractivity contribution is 7.91. The van der Waals surface area contributed by atoms with Crippen LogP contribution in [0.3, 0.4) is 0 Å². The van der Waals surface area contributed by atoms with Crippen molar-refractivity contribution in [2.45, 2.75) is 4.34 Å². The van der Waals surface area contributed by atoms with Crippen molar-refractivity contribution in [1.29, 1.82) is 0 Å². The van der Waals surface area contributed by atoms with Crippen LogP contribution in [0.4, 0.5) is 0 Å². The van der Waals surface area contributed by atoms with E-state index in [0.29, 0.717) is 10.2 Å². The van der Waals surface area contributed by atoms with Gasteiger partial charge in [-0.25, -0.2) is 15.1 Å². The summed E-state index contributed by atoms with van der Waals surface area (Å²) in [5.41, 5.74) is 2.17. The summed E-state index contributed by atoms with van der Waals surface area (Å²) >= 11 is 0.889. The molecular weight excluding hydrogens is 326 g/mol. The summed E-state index contributed by atoms with van der Waals surface area (Å²) in [6, 6.07) is 14.7. The van der Waals surface area contributed by atoms with Gasteiger partial charge in [0.1, 0.15) is 0 Å². The average Bonchev–Trinajstić information content (AvgIpc) is 2.91. The van der Waals surface area contributed by atoms with Crippen molar-refractivity contribution in [3.05, 3.63) is 58.6 Å². The predicted molar refractivity (Wildman–Crippen MR) is 82.4 cm³/mol. The Balaban J connectivity index is 2.18. The van der Waals surface area contributed by atoms with Gasteiger partial charge in [0, 0.05) is 5.56 Å². The van der Waals surface area contributed by atoms with Crippen molar-refractivity contribution in [2.24, 2.45) is 0 Å². The van der Waals surface area contributed by atoms with Crippen LogP contribution in [0.15, 0.2) is 52.9 Å². The van der Waals surface area contributed by atoms with E-state index in [1.165, 1.54) is 4.83 Å². The lowest BCUT2D eigenvalue weighted by molar-refractivity contribution is -0.518. The van der Waals surface area contributed by atoms with E-state index < -0.39 is 15.1 Å². The van der Waals surface area contributed by atoms with Crippen LogP contribution in [0, 0.1) is 10.1 Å². The zero-order valence-corrected chi connectivity index (χ0v) is 12.6. The first kappa shape index (κ1) is 14.4. The molecule has 1 aromatic heterocycles. The van der Waals surface area contributed by atoms with Crippen LogP contribution in [0.5, 0.6) is 0 Å². The highest BCUT2D eigenvalue weighted by Gasteiger charge is 2.24. The maximum Gasteiger partial charge on any atom is 0.338 e. The largest absolute Gasteiger partial charge is 0.338 e. The Kier molecular flexibility index (Phi) is 3.51.